The molecule has 0 aliphatic rings. The van der Waals surface area contributed by atoms with Crippen LogP contribution in [-0.4, -0.2) is 9.52 Å². The normalized spacial score (nSPS) is 11.2. The molecule has 4 aromatic rings. The Morgan fingerprint density at radius 3 is 1.22 bits per heavy atom. The predicted octanol–water partition coefficient (Wildman–Crippen LogP) is 9.28. The Morgan fingerprint density at radius 2 is 0.969 bits per heavy atom. The van der Waals surface area contributed by atoms with Gasteiger partial charge in [0.15, 0.2) is 0 Å². The van der Waals surface area contributed by atoms with Crippen LogP contribution in [0.2, 0.25) is 12.1 Å². The summed E-state index contributed by atoms with van der Waals surface area (Å²) in [5, 5.41) is 5.42. The van der Waals surface area contributed by atoms with Crippen LogP contribution < -0.4 is 0 Å². The molecule has 0 heterocycles. The van der Waals surface area contributed by atoms with E-state index in [4.69, 9.17) is 0 Å². The van der Waals surface area contributed by atoms with Gasteiger partial charge in [-0.3, -0.25) is 0 Å². The molecule has 0 atom stereocenters. The summed E-state index contributed by atoms with van der Waals surface area (Å²) in [5.41, 5.74) is 3.38. The molecule has 0 saturated heterocycles. The van der Waals surface area contributed by atoms with E-state index in [1.54, 1.807) is 0 Å². The molecular weight excluding hydrogens is 480 g/mol. The Bertz CT molecular complexity index is 902. The van der Waals surface area contributed by atoms with Gasteiger partial charge in [0.1, 0.15) is 0 Å². The molecule has 2 heteroatoms. The molecule has 0 amide bonds. The van der Waals surface area contributed by atoms with E-state index >= 15 is 0 Å². The van der Waals surface area contributed by atoms with Gasteiger partial charge in [0.05, 0.1) is 0 Å². The van der Waals surface area contributed by atoms with Crippen molar-refractivity contribution in [3.05, 3.63) is 83.9 Å². The molecular formula is C30H40SiZr. The number of hydrogen-bond acceptors (Lipinski definition) is 0. The minimum atomic E-state index is 0. The summed E-state index contributed by atoms with van der Waals surface area (Å²) in [6.07, 6.45) is 0. The number of benzene rings is 2. The zero-order valence-corrected chi connectivity index (χ0v) is 24.8. The second-order valence-electron chi connectivity index (χ2n) is 10.2. The molecule has 2 radical (unpaired) electrons. The molecule has 0 bridgehead atoms. The second kappa shape index (κ2) is 12.9. The molecule has 32 heavy (non-hydrogen) atoms. The van der Waals surface area contributed by atoms with Gasteiger partial charge >= 0.3 is 26.2 Å². The summed E-state index contributed by atoms with van der Waals surface area (Å²) in [6, 6.07) is 28.9. The van der Waals surface area contributed by atoms with Crippen molar-refractivity contribution in [3.8, 4) is 0 Å². The molecule has 0 N–H and O–H groups in total. The fraction of sp³-hybridized carbons (Fsp3) is 0.400. The van der Waals surface area contributed by atoms with Gasteiger partial charge < -0.3 is 0 Å². The molecule has 0 saturated carbocycles. The Kier molecular flexibility index (Phi) is 11.6. The van der Waals surface area contributed by atoms with Crippen molar-refractivity contribution < 1.29 is 26.2 Å². The fourth-order valence-corrected chi connectivity index (χ4v) is 3.92. The molecule has 4 aromatic carbocycles. The molecule has 0 nitrogen and oxygen atoms in total. The summed E-state index contributed by atoms with van der Waals surface area (Å²) < 4.78 is 0. The SMILES string of the molecule is CC(C)(C)c1cc2ccccc2[cH-]1.CC(C)(C)c1cc2ccccc2[cH-]1.CC[Si]CC.[Zr+2]. The smallest absolute Gasteiger partial charge is 0.164 e. The van der Waals surface area contributed by atoms with Crippen LogP contribution >= 0.6 is 0 Å². The fourth-order valence-electron chi connectivity index (χ4n) is 3.42. The van der Waals surface area contributed by atoms with Crippen molar-refractivity contribution in [2.24, 2.45) is 0 Å². The molecule has 168 valence electrons. The molecule has 0 aliphatic heterocycles. The molecule has 4 rings (SSSR count). The minimum absolute atomic E-state index is 0. The van der Waals surface area contributed by atoms with Gasteiger partial charge in [-0.05, 0) is 10.8 Å². The van der Waals surface area contributed by atoms with E-state index in [-0.39, 0.29) is 37.0 Å². The van der Waals surface area contributed by atoms with Gasteiger partial charge in [0.25, 0.3) is 0 Å². The maximum Gasteiger partial charge on any atom is 2.00 e. The summed E-state index contributed by atoms with van der Waals surface area (Å²) in [7, 11) is 1.20. The first-order valence-corrected chi connectivity index (χ1v) is 13.0. The van der Waals surface area contributed by atoms with Crippen molar-refractivity contribution in [1.29, 1.82) is 0 Å². The summed E-state index contributed by atoms with van der Waals surface area (Å²) in [4.78, 5) is 0. The van der Waals surface area contributed by atoms with E-state index < -0.39 is 0 Å². The van der Waals surface area contributed by atoms with Gasteiger partial charge in [0, 0.05) is 9.52 Å². The maximum absolute atomic E-state index is 2.29. The summed E-state index contributed by atoms with van der Waals surface area (Å²) in [6.45, 7) is 18.0. The molecule has 0 aromatic heterocycles. The average Bonchev–Trinajstić information content (AvgIpc) is 3.33. The van der Waals surface area contributed by atoms with E-state index in [0.29, 0.717) is 0 Å². The Labute approximate surface area is 218 Å². The third kappa shape index (κ3) is 8.60. The largest absolute Gasteiger partial charge is 2.00 e. The van der Waals surface area contributed by atoms with Gasteiger partial charge in [-0.2, -0.15) is 12.1 Å². The van der Waals surface area contributed by atoms with Crippen LogP contribution in [0.3, 0.4) is 0 Å². The van der Waals surface area contributed by atoms with E-state index in [2.05, 4.69) is 128 Å². The Hall–Kier alpha value is -1.24. The zero-order chi connectivity index (χ0) is 23.1. The first-order chi connectivity index (χ1) is 14.6. The van der Waals surface area contributed by atoms with Crippen molar-refractivity contribution in [3.63, 3.8) is 0 Å². The summed E-state index contributed by atoms with van der Waals surface area (Å²) >= 11 is 0. The van der Waals surface area contributed by atoms with Gasteiger partial charge in [-0.1, -0.05) is 79.6 Å². The number of rotatable bonds is 2. The van der Waals surface area contributed by atoms with Crippen molar-refractivity contribution in [1.82, 2.24) is 0 Å². The quantitative estimate of drug-likeness (QED) is 0.183. The van der Waals surface area contributed by atoms with Crippen LogP contribution in [0.5, 0.6) is 0 Å². The van der Waals surface area contributed by atoms with Crippen LogP contribution in [0.4, 0.5) is 0 Å². The first kappa shape index (κ1) is 28.8. The van der Waals surface area contributed by atoms with E-state index in [9.17, 15) is 0 Å². The standard InChI is InChI=1S/2C13H15.C4H10Si.Zr/c2*1-13(2,3)12-8-10-6-4-5-7-11(10)9-12;1-3-5-4-2;/h2*4-9H,1-3H3;3-4H2,1-2H3;/q2*-1;;+2. The monoisotopic (exact) mass is 518 g/mol. The number of hydrogen-bond donors (Lipinski definition) is 0. The van der Waals surface area contributed by atoms with Gasteiger partial charge in [0.2, 0.25) is 0 Å². The van der Waals surface area contributed by atoms with E-state index in [1.807, 2.05) is 0 Å². The van der Waals surface area contributed by atoms with Crippen molar-refractivity contribution in [2.45, 2.75) is 78.3 Å². The Balaban J connectivity index is 0.000000259. The van der Waals surface area contributed by atoms with Gasteiger partial charge in [-0.25, -0.2) is 0 Å². The van der Waals surface area contributed by atoms with Crippen LogP contribution in [0.25, 0.3) is 21.5 Å². The van der Waals surface area contributed by atoms with E-state index in [1.165, 1.54) is 54.3 Å². The topological polar surface area (TPSA) is 0 Å². The van der Waals surface area contributed by atoms with Crippen LogP contribution in [0, 0.1) is 0 Å². The Morgan fingerprint density at radius 1 is 0.625 bits per heavy atom. The number of fused-ring (bicyclic) bond motifs is 2. The van der Waals surface area contributed by atoms with Crippen LogP contribution in [0.15, 0.2) is 72.8 Å². The minimum Gasteiger partial charge on any atom is -0.164 e. The predicted molar refractivity (Wildman–Crippen MR) is 143 cm³/mol. The second-order valence-corrected chi connectivity index (χ2v) is 12.1. The average molecular weight is 520 g/mol. The van der Waals surface area contributed by atoms with Gasteiger partial charge in [-0.15, -0.1) is 81.2 Å². The third-order valence-corrected chi connectivity index (χ3v) is 6.47. The molecule has 0 spiro atoms. The molecule has 0 fully saturated rings. The molecule has 0 aliphatic carbocycles. The van der Waals surface area contributed by atoms with E-state index in [0.717, 1.165) is 0 Å². The van der Waals surface area contributed by atoms with Crippen molar-refractivity contribution >= 4 is 31.1 Å². The first-order valence-electron chi connectivity index (χ1n) is 11.6. The zero-order valence-electron chi connectivity index (χ0n) is 21.3. The molecule has 0 unspecified atom stereocenters. The van der Waals surface area contributed by atoms with Crippen LogP contribution in [-0.2, 0) is 37.0 Å². The summed E-state index contributed by atoms with van der Waals surface area (Å²) in [5.74, 6) is 0. The maximum atomic E-state index is 2.29. The van der Waals surface area contributed by atoms with Crippen molar-refractivity contribution in [2.75, 3.05) is 0 Å². The van der Waals surface area contributed by atoms with Crippen LogP contribution in [0.1, 0.15) is 66.5 Å². The third-order valence-electron chi connectivity index (χ3n) is 5.47.